The van der Waals surface area contributed by atoms with Crippen molar-refractivity contribution in [1.82, 2.24) is 10.6 Å². The minimum absolute atomic E-state index is 0.0582. The van der Waals surface area contributed by atoms with Crippen LogP contribution in [0.2, 0.25) is 0 Å². The third kappa shape index (κ3) is 5.56. The highest BCUT2D eigenvalue weighted by atomic mass is 19.1. The molecule has 0 bridgehead atoms. The summed E-state index contributed by atoms with van der Waals surface area (Å²) in [6.45, 7) is 7.64. The first-order chi connectivity index (χ1) is 12.5. The van der Waals surface area contributed by atoms with E-state index in [-0.39, 0.29) is 11.9 Å². The van der Waals surface area contributed by atoms with E-state index in [4.69, 9.17) is 4.74 Å². The van der Waals surface area contributed by atoms with Crippen molar-refractivity contribution in [2.45, 2.75) is 40.0 Å². The molecule has 2 N–H and O–H groups in total. The van der Waals surface area contributed by atoms with Crippen LogP contribution in [0.5, 0.6) is 0 Å². The van der Waals surface area contributed by atoms with Gasteiger partial charge in [0.1, 0.15) is 5.82 Å². The van der Waals surface area contributed by atoms with Gasteiger partial charge >= 0.3 is 0 Å². The Balaban J connectivity index is 2.12. The molecule has 140 valence electrons. The van der Waals surface area contributed by atoms with Crippen LogP contribution in [0.1, 0.15) is 42.1 Å². The summed E-state index contributed by atoms with van der Waals surface area (Å²) < 4.78 is 19.1. The smallest absolute Gasteiger partial charge is 0.192 e. The number of benzene rings is 2. The van der Waals surface area contributed by atoms with Crippen LogP contribution in [0.15, 0.2) is 47.5 Å². The van der Waals surface area contributed by atoms with E-state index in [2.05, 4.69) is 21.7 Å². The summed E-state index contributed by atoms with van der Waals surface area (Å²) in [5, 5.41) is 6.59. The molecule has 0 fully saturated rings. The van der Waals surface area contributed by atoms with E-state index >= 15 is 0 Å². The highest BCUT2D eigenvalue weighted by molar-refractivity contribution is 5.80. The van der Waals surface area contributed by atoms with Crippen molar-refractivity contribution in [2.24, 2.45) is 4.99 Å². The lowest BCUT2D eigenvalue weighted by Gasteiger charge is -2.19. The fraction of sp³-hybridized carbons (Fsp3) is 0.381. The Morgan fingerprint density at radius 1 is 1.19 bits per heavy atom. The third-order valence-electron chi connectivity index (χ3n) is 4.22. The second-order valence-corrected chi connectivity index (χ2v) is 6.27. The van der Waals surface area contributed by atoms with Crippen molar-refractivity contribution in [3.05, 3.63) is 70.5 Å². The van der Waals surface area contributed by atoms with Crippen LogP contribution < -0.4 is 10.6 Å². The summed E-state index contributed by atoms with van der Waals surface area (Å²) in [4.78, 5) is 4.68. The number of guanidine groups is 1. The maximum atomic E-state index is 13.8. The molecule has 0 aliphatic heterocycles. The lowest BCUT2D eigenvalue weighted by molar-refractivity contribution is 0.184. The molecule has 2 aromatic carbocycles. The molecular formula is C21H28FN3O. The van der Waals surface area contributed by atoms with E-state index in [1.807, 2.05) is 38.1 Å². The number of hydrogen-bond acceptors (Lipinski definition) is 2. The van der Waals surface area contributed by atoms with E-state index in [9.17, 15) is 4.39 Å². The van der Waals surface area contributed by atoms with Crippen LogP contribution in [0.3, 0.4) is 0 Å². The molecule has 0 amide bonds. The van der Waals surface area contributed by atoms with E-state index in [1.165, 1.54) is 0 Å². The Morgan fingerprint density at radius 2 is 1.92 bits per heavy atom. The Morgan fingerprint density at radius 3 is 2.58 bits per heavy atom. The first-order valence-electron chi connectivity index (χ1n) is 8.91. The first-order valence-corrected chi connectivity index (χ1v) is 8.91. The topological polar surface area (TPSA) is 45.7 Å². The number of methoxy groups -OCH3 is 1. The van der Waals surface area contributed by atoms with Gasteiger partial charge in [0.25, 0.3) is 0 Å². The summed E-state index contributed by atoms with van der Waals surface area (Å²) >= 11 is 0. The molecule has 1 atom stereocenters. The molecule has 0 heterocycles. The normalized spacial score (nSPS) is 12.7. The minimum Gasteiger partial charge on any atom is -0.380 e. The van der Waals surface area contributed by atoms with Gasteiger partial charge in [0.15, 0.2) is 5.96 Å². The quantitative estimate of drug-likeness (QED) is 0.579. The number of aryl methyl sites for hydroxylation is 1. The van der Waals surface area contributed by atoms with Crippen LogP contribution in [0.4, 0.5) is 4.39 Å². The molecule has 0 spiro atoms. The number of nitrogens with one attached hydrogen (secondary N) is 2. The van der Waals surface area contributed by atoms with Crippen molar-refractivity contribution in [2.75, 3.05) is 13.7 Å². The summed E-state index contributed by atoms with van der Waals surface area (Å²) in [5.74, 6) is 0.514. The average molecular weight is 357 g/mol. The number of rotatable bonds is 7. The number of ether oxygens (including phenoxy) is 1. The summed E-state index contributed by atoms with van der Waals surface area (Å²) in [6, 6.07) is 13.4. The molecule has 0 aliphatic rings. The molecule has 0 saturated carbocycles. The van der Waals surface area contributed by atoms with Crippen LogP contribution in [-0.4, -0.2) is 19.6 Å². The van der Waals surface area contributed by atoms with E-state index in [0.29, 0.717) is 24.7 Å². The van der Waals surface area contributed by atoms with Gasteiger partial charge in [-0.15, -0.1) is 0 Å². The molecule has 2 rings (SSSR count). The molecule has 0 radical (unpaired) electrons. The minimum atomic E-state index is -0.188. The van der Waals surface area contributed by atoms with E-state index < -0.39 is 0 Å². The molecule has 4 nitrogen and oxygen atoms in total. The number of aliphatic imine (C=N–C) groups is 1. The van der Waals surface area contributed by atoms with Gasteiger partial charge in [-0.2, -0.15) is 0 Å². The van der Waals surface area contributed by atoms with Crippen LogP contribution in [0, 0.1) is 12.7 Å². The fourth-order valence-corrected chi connectivity index (χ4v) is 2.66. The van der Waals surface area contributed by atoms with Gasteiger partial charge in [-0.25, -0.2) is 9.38 Å². The van der Waals surface area contributed by atoms with E-state index in [0.717, 1.165) is 23.2 Å². The number of halogens is 1. The van der Waals surface area contributed by atoms with Crippen LogP contribution in [0.25, 0.3) is 0 Å². The van der Waals surface area contributed by atoms with Crippen molar-refractivity contribution < 1.29 is 9.13 Å². The maximum absolute atomic E-state index is 13.8. The summed E-state index contributed by atoms with van der Waals surface area (Å²) in [6.07, 6.45) is 0. The van der Waals surface area contributed by atoms with Gasteiger partial charge in [0.05, 0.1) is 19.2 Å². The zero-order valence-electron chi connectivity index (χ0n) is 16.0. The Bertz CT molecular complexity index is 746. The lowest BCUT2D eigenvalue weighted by Crippen LogP contribution is -2.38. The molecular weight excluding hydrogens is 329 g/mol. The monoisotopic (exact) mass is 357 g/mol. The highest BCUT2D eigenvalue weighted by Crippen LogP contribution is 2.16. The van der Waals surface area contributed by atoms with Gasteiger partial charge < -0.3 is 15.4 Å². The average Bonchev–Trinajstić information content (AvgIpc) is 2.63. The van der Waals surface area contributed by atoms with Crippen molar-refractivity contribution in [3.63, 3.8) is 0 Å². The molecule has 2 aromatic rings. The van der Waals surface area contributed by atoms with Crippen LogP contribution >= 0.6 is 0 Å². The predicted molar refractivity (Wildman–Crippen MR) is 105 cm³/mol. The standard InChI is InChI=1S/C21H28FN3O/c1-5-23-21(24-13-18-8-6-7-9-19(18)14-26-4)25-16(3)17-11-10-15(2)20(22)12-17/h6-12,16H,5,13-14H2,1-4H3,(H2,23,24,25). The Labute approximate surface area is 155 Å². The SMILES string of the molecule is CCNC(=NCc1ccccc1COC)NC(C)c1ccc(C)c(F)c1. The Hall–Kier alpha value is -2.40. The predicted octanol–water partition coefficient (Wildman–Crippen LogP) is 4.10. The molecule has 26 heavy (non-hydrogen) atoms. The van der Waals surface area contributed by atoms with Gasteiger partial charge in [0.2, 0.25) is 0 Å². The lowest BCUT2D eigenvalue weighted by atomic mass is 10.1. The second-order valence-electron chi connectivity index (χ2n) is 6.27. The number of nitrogens with zero attached hydrogens (tertiary/aromatic N) is 1. The van der Waals surface area contributed by atoms with Crippen LogP contribution in [-0.2, 0) is 17.9 Å². The van der Waals surface area contributed by atoms with Crippen molar-refractivity contribution in [1.29, 1.82) is 0 Å². The highest BCUT2D eigenvalue weighted by Gasteiger charge is 2.10. The van der Waals surface area contributed by atoms with Gasteiger partial charge in [-0.05, 0) is 49.1 Å². The van der Waals surface area contributed by atoms with Crippen molar-refractivity contribution >= 4 is 5.96 Å². The summed E-state index contributed by atoms with van der Waals surface area (Å²) in [7, 11) is 1.69. The van der Waals surface area contributed by atoms with Gasteiger partial charge in [0, 0.05) is 13.7 Å². The largest absolute Gasteiger partial charge is 0.380 e. The molecule has 0 saturated heterocycles. The van der Waals surface area contributed by atoms with Gasteiger partial charge in [-0.3, -0.25) is 0 Å². The summed E-state index contributed by atoms with van der Waals surface area (Å²) in [5.41, 5.74) is 3.79. The molecule has 5 heteroatoms. The fourth-order valence-electron chi connectivity index (χ4n) is 2.66. The zero-order chi connectivity index (χ0) is 18.9. The number of hydrogen-bond donors (Lipinski definition) is 2. The van der Waals surface area contributed by atoms with Crippen molar-refractivity contribution in [3.8, 4) is 0 Å². The molecule has 0 aromatic heterocycles. The second kappa shape index (κ2) is 9.92. The van der Waals surface area contributed by atoms with Gasteiger partial charge in [-0.1, -0.05) is 36.4 Å². The zero-order valence-corrected chi connectivity index (χ0v) is 16.0. The molecule has 0 aliphatic carbocycles. The Kier molecular flexibility index (Phi) is 7.60. The van der Waals surface area contributed by atoms with E-state index in [1.54, 1.807) is 26.2 Å². The first kappa shape index (κ1) is 19.9. The third-order valence-corrected chi connectivity index (χ3v) is 4.22. The maximum Gasteiger partial charge on any atom is 0.192 e. The molecule has 1 unspecified atom stereocenters.